The van der Waals surface area contributed by atoms with Crippen molar-refractivity contribution in [3.63, 3.8) is 0 Å². The molecular formula is C21H19N3O4S2. The van der Waals surface area contributed by atoms with Crippen molar-refractivity contribution in [3.05, 3.63) is 76.0 Å². The van der Waals surface area contributed by atoms with Gasteiger partial charge in [0.05, 0.1) is 10.6 Å². The molecule has 0 bridgehead atoms. The molecule has 154 valence electrons. The summed E-state index contributed by atoms with van der Waals surface area (Å²) in [6.45, 7) is 3.72. The van der Waals surface area contributed by atoms with E-state index in [0.717, 1.165) is 27.1 Å². The number of hydrogen-bond donors (Lipinski definition) is 2. The van der Waals surface area contributed by atoms with Gasteiger partial charge in [-0.3, -0.25) is 10.1 Å². The number of nitrogens with one attached hydrogen (secondary N) is 1. The van der Waals surface area contributed by atoms with Crippen LogP contribution in [-0.4, -0.2) is 19.3 Å². The fourth-order valence-electron chi connectivity index (χ4n) is 3.17. The van der Waals surface area contributed by atoms with E-state index in [9.17, 15) is 13.2 Å². The van der Waals surface area contributed by atoms with Crippen LogP contribution in [0.2, 0.25) is 0 Å². The van der Waals surface area contributed by atoms with Crippen LogP contribution in [0.3, 0.4) is 0 Å². The molecule has 0 radical (unpaired) electrons. The standard InChI is InChI=1S/C21H19N3O4S2/c1-12-16-5-3-4-6-17(16)28-19(12)20(25)24-21-23-13(2)18(29-21)11-14-7-9-15(10-8-14)30(22,26)27/h3-10H,11H2,1-2H3,(H2,22,26,27)(H,23,24,25). The Labute approximate surface area is 177 Å². The Kier molecular flexibility index (Phi) is 5.19. The number of sulfonamides is 1. The average Bonchev–Trinajstić information content (AvgIpc) is 3.21. The maximum absolute atomic E-state index is 12.7. The predicted molar refractivity (Wildman–Crippen MR) is 116 cm³/mol. The number of hydrogen-bond acceptors (Lipinski definition) is 6. The van der Waals surface area contributed by atoms with Crippen LogP contribution in [0.15, 0.2) is 57.8 Å². The lowest BCUT2D eigenvalue weighted by atomic mass is 10.1. The second-order valence-corrected chi connectivity index (χ2v) is 9.54. The lowest BCUT2D eigenvalue weighted by Crippen LogP contribution is -2.11. The van der Waals surface area contributed by atoms with Gasteiger partial charge in [-0.15, -0.1) is 11.3 Å². The van der Waals surface area contributed by atoms with Crippen molar-refractivity contribution in [2.45, 2.75) is 25.2 Å². The summed E-state index contributed by atoms with van der Waals surface area (Å²) in [7, 11) is -3.72. The van der Waals surface area contributed by atoms with Crippen LogP contribution in [0.1, 0.15) is 32.3 Å². The average molecular weight is 442 g/mol. The number of nitrogens with zero attached hydrogens (tertiary/aromatic N) is 1. The molecule has 0 aliphatic carbocycles. The molecule has 4 aromatic rings. The molecule has 7 nitrogen and oxygen atoms in total. The topological polar surface area (TPSA) is 115 Å². The monoisotopic (exact) mass is 441 g/mol. The minimum absolute atomic E-state index is 0.0708. The number of thiazole rings is 1. The highest BCUT2D eigenvalue weighted by atomic mass is 32.2. The molecule has 0 fully saturated rings. The van der Waals surface area contributed by atoms with E-state index in [-0.39, 0.29) is 16.6 Å². The molecular weight excluding hydrogens is 422 g/mol. The molecule has 2 heterocycles. The second kappa shape index (κ2) is 7.67. The molecule has 3 N–H and O–H groups in total. The van der Waals surface area contributed by atoms with Crippen LogP contribution in [-0.2, 0) is 16.4 Å². The maximum Gasteiger partial charge on any atom is 0.293 e. The summed E-state index contributed by atoms with van der Waals surface area (Å²) < 4.78 is 28.5. The zero-order valence-corrected chi connectivity index (χ0v) is 17.9. The Bertz CT molecular complexity index is 1350. The molecule has 0 aliphatic rings. The third kappa shape index (κ3) is 4.00. The third-order valence-corrected chi connectivity index (χ3v) is 6.78. The number of amides is 1. The number of furan rings is 1. The SMILES string of the molecule is Cc1nc(NC(=O)c2oc3ccccc3c2C)sc1Cc1ccc(S(N)(=O)=O)cc1. The van der Waals surface area contributed by atoms with Crippen LogP contribution in [0.4, 0.5) is 5.13 Å². The number of rotatable bonds is 5. The number of para-hydroxylation sites is 1. The number of anilines is 1. The van der Waals surface area contributed by atoms with E-state index in [4.69, 9.17) is 9.56 Å². The Morgan fingerprint density at radius 3 is 2.50 bits per heavy atom. The molecule has 4 rings (SSSR count). The first-order valence-corrected chi connectivity index (χ1v) is 11.5. The molecule has 0 saturated heterocycles. The van der Waals surface area contributed by atoms with Gasteiger partial charge >= 0.3 is 0 Å². The van der Waals surface area contributed by atoms with Crippen LogP contribution >= 0.6 is 11.3 Å². The van der Waals surface area contributed by atoms with E-state index in [2.05, 4.69) is 10.3 Å². The lowest BCUT2D eigenvalue weighted by molar-refractivity contribution is 0.0998. The Balaban J connectivity index is 1.52. The first-order valence-electron chi connectivity index (χ1n) is 9.10. The Morgan fingerprint density at radius 1 is 1.13 bits per heavy atom. The van der Waals surface area contributed by atoms with Crippen molar-refractivity contribution >= 4 is 43.4 Å². The number of nitrogens with two attached hydrogens (primary N) is 1. The fourth-order valence-corrected chi connectivity index (χ4v) is 4.68. The van der Waals surface area contributed by atoms with E-state index in [0.29, 0.717) is 17.1 Å². The van der Waals surface area contributed by atoms with Crippen LogP contribution in [0, 0.1) is 13.8 Å². The van der Waals surface area contributed by atoms with E-state index in [1.165, 1.54) is 23.5 Å². The summed E-state index contributed by atoms with van der Waals surface area (Å²) in [5.41, 5.74) is 3.16. The van der Waals surface area contributed by atoms with Gasteiger partial charge in [0, 0.05) is 22.2 Å². The van der Waals surface area contributed by atoms with Crippen LogP contribution < -0.4 is 10.5 Å². The van der Waals surface area contributed by atoms with Gasteiger partial charge < -0.3 is 4.42 Å². The summed E-state index contributed by atoms with van der Waals surface area (Å²) in [4.78, 5) is 18.2. The highest BCUT2D eigenvalue weighted by Gasteiger charge is 2.19. The largest absolute Gasteiger partial charge is 0.451 e. The molecule has 9 heteroatoms. The third-order valence-electron chi connectivity index (χ3n) is 4.78. The minimum Gasteiger partial charge on any atom is -0.451 e. The summed E-state index contributed by atoms with van der Waals surface area (Å²) in [5, 5.41) is 9.33. The summed E-state index contributed by atoms with van der Waals surface area (Å²) in [6, 6.07) is 13.9. The van der Waals surface area contributed by atoms with Gasteiger partial charge in [-0.1, -0.05) is 30.3 Å². The molecule has 0 aliphatic heterocycles. The number of benzene rings is 2. The molecule has 0 spiro atoms. The van der Waals surface area contributed by atoms with Gasteiger partial charge in [0.25, 0.3) is 5.91 Å². The van der Waals surface area contributed by atoms with Crippen molar-refractivity contribution in [2.24, 2.45) is 5.14 Å². The van der Waals surface area contributed by atoms with Crippen molar-refractivity contribution < 1.29 is 17.6 Å². The maximum atomic E-state index is 12.7. The van der Waals surface area contributed by atoms with Crippen LogP contribution in [0.5, 0.6) is 0 Å². The number of fused-ring (bicyclic) bond motifs is 1. The Hall–Kier alpha value is -3.01. The number of primary sulfonamides is 1. The zero-order chi connectivity index (χ0) is 21.5. The van der Waals surface area contributed by atoms with E-state index >= 15 is 0 Å². The van der Waals surface area contributed by atoms with Crippen molar-refractivity contribution in [1.29, 1.82) is 0 Å². The molecule has 0 saturated carbocycles. The first-order chi connectivity index (χ1) is 14.2. The van der Waals surface area contributed by atoms with Gasteiger partial charge in [0.1, 0.15) is 5.58 Å². The highest BCUT2D eigenvalue weighted by molar-refractivity contribution is 7.89. The summed E-state index contributed by atoms with van der Waals surface area (Å²) in [5.74, 6) is -0.0781. The quantitative estimate of drug-likeness (QED) is 0.486. The van der Waals surface area contributed by atoms with E-state index < -0.39 is 10.0 Å². The van der Waals surface area contributed by atoms with E-state index in [1.807, 2.05) is 38.1 Å². The van der Waals surface area contributed by atoms with Gasteiger partial charge in [0.2, 0.25) is 10.0 Å². The smallest absolute Gasteiger partial charge is 0.293 e. The first kappa shape index (κ1) is 20.3. The minimum atomic E-state index is -3.72. The number of carbonyl (C=O) groups is 1. The molecule has 0 unspecified atom stereocenters. The molecule has 0 atom stereocenters. The Morgan fingerprint density at radius 2 is 1.83 bits per heavy atom. The van der Waals surface area contributed by atoms with Gasteiger partial charge in [-0.2, -0.15) is 0 Å². The summed E-state index contributed by atoms with van der Waals surface area (Å²) in [6.07, 6.45) is 0.563. The predicted octanol–water partition coefficient (Wildman–Crippen LogP) is 4.00. The van der Waals surface area contributed by atoms with Crippen molar-refractivity contribution in [1.82, 2.24) is 4.98 Å². The fraction of sp³-hybridized carbons (Fsp3) is 0.143. The number of carbonyl (C=O) groups excluding carboxylic acids is 1. The summed E-state index contributed by atoms with van der Waals surface area (Å²) >= 11 is 1.37. The van der Waals surface area contributed by atoms with E-state index in [1.54, 1.807) is 12.1 Å². The van der Waals surface area contributed by atoms with Gasteiger partial charge in [-0.25, -0.2) is 18.5 Å². The van der Waals surface area contributed by atoms with Crippen molar-refractivity contribution in [3.8, 4) is 0 Å². The molecule has 30 heavy (non-hydrogen) atoms. The molecule has 1 amide bonds. The normalized spacial score (nSPS) is 11.7. The zero-order valence-electron chi connectivity index (χ0n) is 16.3. The molecule has 2 aromatic carbocycles. The lowest BCUT2D eigenvalue weighted by Gasteiger charge is -2.02. The number of aromatic nitrogens is 1. The number of aryl methyl sites for hydroxylation is 2. The van der Waals surface area contributed by atoms with Crippen molar-refractivity contribution in [2.75, 3.05) is 5.32 Å². The van der Waals surface area contributed by atoms with Gasteiger partial charge in [-0.05, 0) is 37.6 Å². The van der Waals surface area contributed by atoms with Crippen LogP contribution in [0.25, 0.3) is 11.0 Å². The van der Waals surface area contributed by atoms with Gasteiger partial charge in [0.15, 0.2) is 10.9 Å². The molecule has 2 aromatic heterocycles. The highest BCUT2D eigenvalue weighted by Crippen LogP contribution is 2.28. The second-order valence-electron chi connectivity index (χ2n) is 6.90.